The molecule has 0 fully saturated rings. The summed E-state index contributed by atoms with van der Waals surface area (Å²) in [4.78, 5) is 20.9. The number of carbonyl (C=O) groups is 1. The molecule has 2 heterocycles. The van der Waals surface area contributed by atoms with E-state index in [2.05, 4.69) is 21.4 Å². The predicted octanol–water partition coefficient (Wildman–Crippen LogP) is 6.45. The third-order valence-electron chi connectivity index (χ3n) is 5.58. The van der Waals surface area contributed by atoms with Gasteiger partial charge in [0.1, 0.15) is 28.4 Å². The number of anilines is 1. The number of nitriles is 1. The molecule has 7 nitrogen and oxygen atoms in total. The molecular weight excluding hydrogens is 529 g/mol. The molecule has 0 aliphatic heterocycles. The van der Waals surface area contributed by atoms with Crippen LogP contribution >= 0.6 is 11.8 Å². The Morgan fingerprint density at radius 2 is 1.59 bits per heavy atom. The molecule has 0 radical (unpaired) electrons. The molecule has 0 aliphatic carbocycles. The van der Waals surface area contributed by atoms with Gasteiger partial charge in [-0.3, -0.25) is 4.79 Å². The van der Waals surface area contributed by atoms with Crippen molar-refractivity contribution in [1.82, 2.24) is 9.97 Å². The van der Waals surface area contributed by atoms with Gasteiger partial charge >= 0.3 is 6.18 Å². The molecule has 11 heteroatoms. The van der Waals surface area contributed by atoms with Crippen molar-refractivity contribution in [3.8, 4) is 40.0 Å². The average Bonchev–Trinajstić information content (AvgIpc) is 2.95. The zero-order chi connectivity index (χ0) is 28.0. The first-order chi connectivity index (χ1) is 18.7. The van der Waals surface area contributed by atoms with Crippen LogP contribution in [0.2, 0.25) is 0 Å². The summed E-state index contributed by atoms with van der Waals surface area (Å²) in [5, 5.41) is 12.8. The Hall–Kier alpha value is -4.56. The van der Waals surface area contributed by atoms with Crippen LogP contribution in [-0.4, -0.2) is 35.8 Å². The number of carbonyl (C=O) groups excluding carboxylic acids is 1. The van der Waals surface area contributed by atoms with Crippen LogP contribution in [-0.2, 0) is 11.0 Å². The lowest BCUT2D eigenvalue weighted by Gasteiger charge is -2.13. The standard InChI is InChI=1S/C28H21F3N4O3S/c1-37-20-8-3-17(4-9-20)22-13-24(18-5-10-21(38-2)11-6-18)34-27(23(22)14-32)39-16-26(36)35-25-12-7-19(15-33-25)28(29,30)31/h3-13,15H,16H2,1-2H3,(H,33,35,36). The highest BCUT2D eigenvalue weighted by Crippen LogP contribution is 2.35. The summed E-state index contributed by atoms with van der Waals surface area (Å²) in [5.41, 5.74) is 2.09. The van der Waals surface area contributed by atoms with Gasteiger partial charge in [0.15, 0.2) is 0 Å². The van der Waals surface area contributed by atoms with E-state index in [1.54, 1.807) is 44.6 Å². The van der Waals surface area contributed by atoms with Crippen LogP contribution in [0.1, 0.15) is 11.1 Å². The summed E-state index contributed by atoms with van der Waals surface area (Å²) in [5.74, 6) is 0.640. The number of methoxy groups -OCH3 is 2. The number of hydrogen-bond donors (Lipinski definition) is 1. The number of ether oxygens (including phenoxy) is 2. The van der Waals surface area contributed by atoms with Gasteiger partial charge in [0, 0.05) is 17.3 Å². The summed E-state index contributed by atoms with van der Waals surface area (Å²) in [6, 6.07) is 20.4. The van der Waals surface area contributed by atoms with E-state index >= 15 is 0 Å². The van der Waals surface area contributed by atoms with Crippen LogP contribution in [0.15, 0.2) is 78.0 Å². The Bertz CT molecular complexity index is 1500. The minimum atomic E-state index is -4.53. The lowest BCUT2D eigenvalue weighted by molar-refractivity contribution is -0.137. The van der Waals surface area contributed by atoms with Crippen molar-refractivity contribution in [2.45, 2.75) is 11.2 Å². The van der Waals surface area contributed by atoms with Gasteiger partial charge in [-0.05, 0) is 60.2 Å². The SMILES string of the molecule is COc1ccc(-c2cc(-c3ccc(OC)cc3)c(C#N)c(SCC(=O)Nc3ccc(C(F)(F)F)cn3)n2)cc1. The molecule has 0 bridgehead atoms. The van der Waals surface area contributed by atoms with Crippen LogP contribution in [0, 0.1) is 11.3 Å². The maximum atomic E-state index is 12.8. The molecule has 0 atom stereocenters. The van der Waals surface area contributed by atoms with Crippen molar-refractivity contribution in [3.05, 3.63) is 84.1 Å². The van der Waals surface area contributed by atoms with E-state index in [1.807, 2.05) is 24.3 Å². The molecule has 0 saturated carbocycles. The van der Waals surface area contributed by atoms with E-state index in [9.17, 15) is 23.2 Å². The number of alkyl halides is 3. The largest absolute Gasteiger partial charge is 0.497 e. The van der Waals surface area contributed by atoms with E-state index in [0.29, 0.717) is 34.0 Å². The normalized spacial score (nSPS) is 11.0. The highest BCUT2D eigenvalue weighted by Gasteiger charge is 2.30. The van der Waals surface area contributed by atoms with Gasteiger partial charge in [0.2, 0.25) is 5.91 Å². The fourth-order valence-corrected chi connectivity index (χ4v) is 4.39. The lowest BCUT2D eigenvalue weighted by atomic mass is 9.99. The second kappa shape index (κ2) is 11.9. The van der Waals surface area contributed by atoms with Crippen molar-refractivity contribution in [3.63, 3.8) is 0 Å². The van der Waals surface area contributed by atoms with E-state index in [4.69, 9.17) is 9.47 Å². The molecule has 2 aromatic carbocycles. The van der Waals surface area contributed by atoms with Crippen LogP contribution in [0.4, 0.5) is 19.0 Å². The van der Waals surface area contributed by atoms with Gasteiger partial charge in [-0.25, -0.2) is 9.97 Å². The fourth-order valence-electron chi connectivity index (χ4n) is 3.59. The number of nitrogens with zero attached hydrogens (tertiary/aromatic N) is 3. The maximum absolute atomic E-state index is 12.8. The van der Waals surface area contributed by atoms with Crippen LogP contribution in [0.5, 0.6) is 11.5 Å². The number of halogens is 3. The lowest BCUT2D eigenvalue weighted by Crippen LogP contribution is -2.16. The van der Waals surface area contributed by atoms with Gasteiger partial charge in [-0.1, -0.05) is 23.9 Å². The first-order valence-corrected chi connectivity index (χ1v) is 12.4. The molecule has 0 unspecified atom stereocenters. The fraction of sp³-hybridized carbons (Fsp3) is 0.143. The number of hydrogen-bond acceptors (Lipinski definition) is 7. The third-order valence-corrected chi connectivity index (χ3v) is 6.56. The summed E-state index contributed by atoms with van der Waals surface area (Å²) < 4.78 is 48.8. The minimum absolute atomic E-state index is 0.0204. The summed E-state index contributed by atoms with van der Waals surface area (Å²) in [6.45, 7) is 0. The van der Waals surface area contributed by atoms with Gasteiger partial charge in [0.25, 0.3) is 0 Å². The molecule has 1 amide bonds. The highest BCUT2D eigenvalue weighted by molar-refractivity contribution is 8.00. The zero-order valence-corrected chi connectivity index (χ0v) is 21.6. The Labute approximate surface area is 226 Å². The van der Waals surface area contributed by atoms with Gasteiger partial charge in [-0.2, -0.15) is 18.4 Å². The van der Waals surface area contributed by atoms with E-state index < -0.39 is 17.6 Å². The van der Waals surface area contributed by atoms with E-state index in [-0.39, 0.29) is 17.1 Å². The van der Waals surface area contributed by atoms with Crippen molar-refractivity contribution in [2.75, 3.05) is 25.3 Å². The number of amides is 1. The average molecular weight is 551 g/mol. The second-order valence-electron chi connectivity index (χ2n) is 8.07. The molecular formula is C28H21F3N4O3S. The Morgan fingerprint density at radius 3 is 2.10 bits per heavy atom. The first-order valence-electron chi connectivity index (χ1n) is 11.4. The molecule has 0 saturated heterocycles. The zero-order valence-electron chi connectivity index (χ0n) is 20.7. The number of pyridine rings is 2. The quantitative estimate of drug-likeness (QED) is 0.252. The maximum Gasteiger partial charge on any atom is 0.417 e. The number of aromatic nitrogens is 2. The third kappa shape index (κ3) is 6.66. The molecule has 1 N–H and O–H groups in total. The molecule has 198 valence electrons. The first kappa shape index (κ1) is 27.5. The van der Waals surface area contributed by atoms with Crippen molar-refractivity contribution < 1.29 is 27.4 Å². The molecule has 39 heavy (non-hydrogen) atoms. The van der Waals surface area contributed by atoms with E-state index in [0.717, 1.165) is 35.0 Å². The molecule has 4 rings (SSSR count). The summed E-state index contributed by atoms with van der Waals surface area (Å²) in [7, 11) is 3.13. The number of thioether (sulfide) groups is 1. The molecule has 4 aromatic rings. The molecule has 0 aliphatic rings. The second-order valence-corrected chi connectivity index (χ2v) is 9.03. The number of benzene rings is 2. The highest BCUT2D eigenvalue weighted by atomic mass is 32.2. The van der Waals surface area contributed by atoms with Gasteiger partial charge in [0.05, 0.1) is 36.8 Å². The smallest absolute Gasteiger partial charge is 0.417 e. The van der Waals surface area contributed by atoms with Crippen LogP contribution < -0.4 is 14.8 Å². The summed E-state index contributed by atoms with van der Waals surface area (Å²) in [6.07, 6.45) is -3.88. The topological polar surface area (TPSA) is 97.1 Å². The van der Waals surface area contributed by atoms with Gasteiger partial charge in [-0.15, -0.1) is 0 Å². The van der Waals surface area contributed by atoms with Crippen molar-refractivity contribution in [1.29, 1.82) is 5.26 Å². The van der Waals surface area contributed by atoms with Crippen molar-refractivity contribution >= 4 is 23.5 Å². The van der Waals surface area contributed by atoms with Crippen LogP contribution in [0.25, 0.3) is 22.4 Å². The Kier molecular flexibility index (Phi) is 8.36. The number of rotatable bonds is 8. The minimum Gasteiger partial charge on any atom is -0.497 e. The van der Waals surface area contributed by atoms with Crippen molar-refractivity contribution in [2.24, 2.45) is 0 Å². The predicted molar refractivity (Wildman–Crippen MR) is 142 cm³/mol. The van der Waals surface area contributed by atoms with Crippen LogP contribution in [0.3, 0.4) is 0 Å². The Morgan fingerprint density at radius 1 is 0.974 bits per heavy atom. The Balaban J connectivity index is 1.64. The van der Waals surface area contributed by atoms with E-state index in [1.165, 1.54) is 0 Å². The molecule has 0 spiro atoms. The number of nitrogens with one attached hydrogen (secondary N) is 1. The molecule has 2 aromatic heterocycles. The van der Waals surface area contributed by atoms with Gasteiger partial charge < -0.3 is 14.8 Å². The monoisotopic (exact) mass is 550 g/mol. The summed E-state index contributed by atoms with van der Waals surface area (Å²) >= 11 is 1.04.